The zero-order valence-electron chi connectivity index (χ0n) is 10.6. The van der Waals surface area contributed by atoms with Crippen molar-refractivity contribution in [3.63, 3.8) is 0 Å². The van der Waals surface area contributed by atoms with Gasteiger partial charge in [-0.05, 0) is 21.3 Å². The van der Waals surface area contributed by atoms with Crippen molar-refractivity contribution < 1.29 is 14.3 Å². The molecule has 2 heterocycles. The molecular weight excluding hydrogens is 324 g/mol. The topological polar surface area (TPSA) is 68.3 Å². The lowest BCUT2D eigenvalue weighted by molar-refractivity contribution is -0.143. The molecule has 5 nitrogen and oxygen atoms in total. The van der Waals surface area contributed by atoms with Crippen molar-refractivity contribution in [2.24, 2.45) is 0 Å². The molecule has 102 valence electrons. The predicted molar refractivity (Wildman–Crippen MR) is 77.4 cm³/mol. The second-order valence-electron chi connectivity index (χ2n) is 4.54. The summed E-state index contributed by atoms with van der Waals surface area (Å²) in [5.41, 5.74) is 0.718. The van der Waals surface area contributed by atoms with Crippen LogP contribution in [-0.4, -0.2) is 24.0 Å². The molecule has 1 atom stereocenters. The minimum atomic E-state index is -0.616. The molecule has 1 aliphatic rings. The highest BCUT2D eigenvalue weighted by Gasteiger charge is 2.34. The van der Waals surface area contributed by atoms with E-state index in [2.05, 4.69) is 26.2 Å². The molecule has 0 spiro atoms. The molecule has 2 aromatic rings. The van der Waals surface area contributed by atoms with Gasteiger partial charge in [-0.2, -0.15) is 0 Å². The highest BCUT2D eigenvalue weighted by Crippen LogP contribution is 2.39. The minimum absolute atomic E-state index is 0.0764. The van der Waals surface area contributed by atoms with E-state index in [-0.39, 0.29) is 12.3 Å². The Morgan fingerprint density at radius 1 is 1.40 bits per heavy atom. The SMILES string of the molecule is COC(=O)C1CC(=O)Nc2nc(Br)c3ccccc3c21. The van der Waals surface area contributed by atoms with Gasteiger partial charge >= 0.3 is 5.97 Å². The van der Waals surface area contributed by atoms with Gasteiger partial charge in [-0.1, -0.05) is 24.3 Å². The molecular formula is C14H11BrN2O3. The first-order valence-corrected chi connectivity index (χ1v) is 6.87. The van der Waals surface area contributed by atoms with Crippen LogP contribution in [0.4, 0.5) is 5.82 Å². The lowest BCUT2D eigenvalue weighted by atomic mass is 9.89. The zero-order chi connectivity index (χ0) is 14.3. The molecule has 0 radical (unpaired) electrons. The van der Waals surface area contributed by atoms with Crippen LogP contribution in [0.25, 0.3) is 10.8 Å². The Morgan fingerprint density at radius 2 is 2.10 bits per heavy atom. The van der Waals surface area contributed by atoms with E-state index in [4.69, 9.17) is 4.74 Å². The van der Waals surface area contributed by atoms with Gasteiger partial charge in [-0.15, -0.1) is 0 Å². The van der Waals surface area contributed by atoms with E-state index in [1.54, 1.807) is 0 Å². The molecule has 0 saturated carbocycles. The maximum atomic E-state index is 12.0. The van der Waals surface area contributed by atoms with Gasteiger partial charge in [0.15, 0.2) is 0 Å². The number of pyridine rings is 1. The Kier molecular flexibility index (Phi) is 3.17. The highest BCUT2D eigenvalue weighted by atomic mass is 79.9. The Bertz CT molecular complexity index is 730. The summed E-state index contributed by atoms with van der Waals surface area (Å²) in [6, 6.07) is 7.61. The van der Waals surface area contributed by atoms with Gasteiger partial charge in [0.25, 0.3) is 0 Å². The number of amides is 1. The van der Waals surface area contributed by atoms with Gasteiger partial charge in [0.05, 0.1) is 13.0 Å². The van der Waals surface area contributed by atoms with E-state index >= 15 is 0 Å². The van der Waals surface area contributed by atoms with Crippen LogP contribution in [0.5, 0.6) is 0 Å². The van der Waals surface area contributed by atoms with Crippen molar-refractivity contribution >= 4 is 44.4 Å². The Morgan fingerprint density at radius 3 is 2.80 bits per heavy atom. The van der Waals surface area contributed by atoms with Crippen molar-refractivity contribution in [3.8, 4) is 0 Å². The van der Waals surface area contributed by atoms with E-state index in [1.807, 2.05) is 24.3 Å². The Balaban J connectivity index is 2.32. The second kappa shape index (κ2) is 4.86. The number of hydrogen-bond donors (Lipinski definition) is 1. The number of esters is 1. The van der Waals surface area contributed by atoms with Crippen LogP contribution < -0.4 is 5.32 Å². The number of anilines is 1. The molecule has 1 aliphatic heterocycles. The minimum Gasteiger partial charge on any atom is -0.469 e. The van der Waals surface area contributed by atoms with E-state index in [1.165, 1.54) is 7.11 Å². The molecule has 0 fully saturated rings. The molecule has 3 rings (SSSR count). The van der Waals surface area contributed by atoms with Crippen molar-refractivity contribution in [2.45, 2.75) is 12.3 Å². The average molecular weight is 335 g/mol. The van der Waals surface area contributed by atoms with E-state index in [9.17, 15) is 9.59 Å². The number of fused-ring (bicyclic) bond motifs is 3. The third-order valence-corrected chi connectivity index (χ3v) is 3.99. The van der Waals surface area contributed by atoms with Gasteiger partial charge in [0.1, 0.15) is 10.4 Å². The van der Waals surface area contributed by atoms with Gasteiger partial charge in [-0.25, -0.2) is 4.98 Å². The van der Waals surface area contributed by atoms with Crippen molar-refractivity contribution in [1.82, 2.24) is 4.98 Å². The number of nitrogens with zero attached hydrogens (tertiary/aromatic N) is 1. The standard InChI is InChI=1S/C14H11BrN2O3/c1-20-14(19)9-6-10(18)16-13-11(9)7-4-2-3-5-8(7)12(15)17-13/h2-5,9H,6H2,1H3,(H,16,17,18). The third-order valence-electron chi connectivity index (χ3n) is 3.39. The summed E-state index contributed by atoms with van der Waals surface area (Å²) in [4.78, 5) is 28.0. The third kappa shape index (κ3) is 1.96. The first-order chi connectivity index (χ1) is 9.61. The van der Waals surface area contributed by atoms with Crippen molar-refractivity contribution in [2.75, 3.05) is 12.4 Å². The van der Waals surface area contributed by atoms with Crippen molar-refractivity contribution in [3.05, 3.63) is 34.4 Å². The molecule has 0 aliphatic carbocycles. The maximum absolute atomic E-state index is 12.0. The summed E-state index contributed by atoms with van der Waals surface area (Å²) in [5, 5.41) is 4.50. The number of carbonyl (C=O) groups excluding carboxylic acids is 2. The van der Waals surface area contributed by atoms with Gasteiger partial charge in [0.2, 0.25) is 5.91 Å². The molecule has 6 heteroatoms. The Labute approximate surface area is 123 Å². The summed E-state index contributed by atoms with van der Waals surface area (Å²) in [6.07, 6.45) is 0.0764. The van der Waals surface area contributed by atoms with Gasteiger partial charge < -0.3 is 10.1 Å². The second-order valence-corrected chi connectivity index (χ2v) is 5.29. The summed E-state index contributed by atoms with van der Waals surface area (Å²) < 4.78 is 5.45. The molecule has 1 unspecified atom stereocenters. The molecule has 1 aromatic carbocycles. The number of methoxy groups -OCH3 is 1. The Hall–Kier alpha value is -1.95. The number of carbonyl (C=O) groups is 2. The highest BCUT2D eigenvalue weighted by molar-refractivity contribution is 9.10. The van der Waals surface area contributed by atoms with Crippen LogP contribution in [0.1, 0.15) is 17.9 Å². The maximum Gasteiger partial charge on any atom is 0.313 e. The smallest absolute Gasteiger partial charge is 0.313 e. The number of aromatic nitrogens is 1. The van der Waals surface area contributed by atoms with E-state index in [0.717, 1.165) is 16.3 Å². The monoisotopic (exact) mass is 334 g/mol. The van der Waals surface area contributed by atoms with E-state index in [0.29, 0.717) is 10.4 Å². The van der Waals surface area contributed by atoms with Crippen LogP contribution in [-0.2, 0) is 14.3 Å². The fourth-order valence-electron chi connectivity index (χ4n) is 2.51. The van der Waals surface area contributed by atoms with Crippen LogP contribution in [0.15, 0.2) is 28.9 Å². The van der Waals surface area contributed by atoms with Crippen LogP contribution in [0, 0.1) is 0 Å². The van der Waals surface area contributed by atoms with Crippen LogP contribution in [0.2, 0.25) is 0 Å². The summed E-state index contributed by atoms with van der Waals surface area (Å²) in [7, 11) is 1.32. The largest absolute Gasteiger partial charge is 0.469 e. The summed E-state index contributed by atoms with van der Waals surface area (Å²) in [5.74, 6) is -0.852. The number of hydrogen-bond acceptors (Lipinski definition) is 4. The normalized spacial score (nSPS) is 17.5. The average Bonchev–Trinajstić information content (AvgIpc) is 2.45. The first-order valence-electron chi connectivity index (χ1n) is 6.07. The van der Waals surface area contributed by atoms with Gasteiger partial charge in [-0.3, -0.25) is 9.59 Å². The summed E-state index contributed by atoms with van der Waals surface area (Å²) >= 11 is 3.39. The number of rotatable bonds is 1. The van der Waals surface area contributed by atoms with Crippen molar-refractivity contribution in [1.29, 1.82) is 0 Å². The van der Waals surface area contributed by atoms with E-state index < -0.39 is 11.9 Å². The zero-order valence-corrected chi connectivity index (χ0v) is 12.2. The fourth-order valence-corrected chi connectivity index (χ4v) is 3.03. The molecule has 0 saturated heterocycles. The predicted octanol–water partition coefficient (Wildman–Crippen LogP) is 2.60. The van der Waals surface area contributed by atoms with Crippen LogP contribution >= 0.6 is 15.9 Å². The molecule has 1 aromatic heterocycles. The molecule has 1 amide bonds. The van der Waals surface area contributed by atoms with Gasteiger partial charge in [0, 0.05) is 17.4 Å². The first kappa shape index (κ1) is 13.1. The summed E-state index contributed by atoms with van der Waals surface area (Å²) in [6.45, 7) is 0. The molecule has 0 bridgehead atoms. The number of ether oxygens (including phenoxy) is 1. The lowest BCUT2D eigenvalue weighted by Crippen LogP contribution is -2.29. The number of benzene rings is 1. The number of halogens is 1. The quantitative estimate of drug-likeness (QED) is 0.642. The lowest BCUT2D eigenvalue weighted by Gasteiger charge is -2.24. The number of nitrogens with one attached hydrogen (secondary N) is 1. The van der Waals surface area contributed by atoms with Crippen LogP contribution in [0.3, 0.4) is 0 Å². The molecule has 1 N–H and O–H groups in total. The molecule has 20 heavy (non-hydrogen) atoms. The fraction of sp³-hybridized carbons (Fsp3) is 0.214.